The number of carbonyl (C=O) groups excluding carboxylic acids is 1. The van der Waals surface area contributed by atoms with E-state index in [1.54, 1.807) is 78.9 Å². The van der Waals surface area contributed by atoms with Gasteiger partial charge >= 0.3 is 0 Å². The Labute approximate surface area is 193 Å². The molecule has 4 rings (SSSR count). The average molecular weight is 470 g/mol. The second kappa shape index (κ2) is 8.98. The number of pyridine rings is 1. The Hall–Kier alpha value is -3.05. The molecule has 0 saturated heterocycles. The first-order valence-electron chi connectivity index (χ1n) is 9.27. The van der Waals surface area contributed by atoms with Gasteiger partial charge in [0.25, 0.3) is 11.5 Å². The van der Waals surface area contributed by atoms with Crippen molar-refractivity contribution >= 4 is 46.4 Å². The monoisotopic (exact) mass is 468 g/mol. The van der Waals surface area contributed by atoms with Crippen LogP contribution in [-0.2, 0) is 0 Å². The summed E-state index contributed by atoms with van der Waals surface area (Å²) in [6.07, 6.45) is 0. The van der Waals surface area contributed by atoms with Crippen LogP contribution >= 0.6 is 34.8 Å². The summed E-state index contributed by atoms with van der Waals surface area (Å²) < 4.78 is 0. The first-order chi connectivity index (χ1) is 14.9. The highest BCUT2D eigenvalue weighted by Crippen LogP contribution is 2.28. The third kappa shape index (κ3) is 4.83. The van der Waals surface area contributed by atoms with E-state index in [0.717, 1.165) is 5.56 Å². The van der Waals surface area contributed by atoms with Crippen LogP contribution in [0.1, 0.15) is 10.4 Å². The van der Waals surface area contributed by atoms with Gasteiger partial charge < -0.3 is 10.3 Å². The van der Waals surface area contributed by atoms with Crippen molar-refractivity contribution in [3.63, 3.8) is 0 Å². The molecule has 1 amide bonds. The van der Waals surface area contributed by atoms with Gasteiger partial charge in [0.15, 0.2) is 0 Å². The van der Waals surface area contributed by atoms with E-state index in [0.29, 0.717) is 37.6 Å². The first kappa shape index (κ1) is 21.2. The zero-order chi connectivity index (χ0) is 22.0. The molecule has 4 nitrogen and oxygen atoms in total. The van der Waals surface area contributed by atoms with Gasteiger partial charge in [-0.15, -0.1) is 0 Å². The lowest BCUT2D eigenvalue weighted by Gasteiger charge is -2.13. The lowest BCUT2D eigenvalue weighted by Crippen LogP contribution is -2.25. The Bertz CT molecular complexity index is 1300. The summed E-state index contributed by atoms with van der Waals surface area (Å²) in [6, 6.07) is 22.4. The fraction of sp³-hybridized carbons (Fsp3) is 0. The van der Waals surface area contributed by atoms with Crippen molar-refractivity contribution in [2.75, 3.05) is 5.32 Å². The fourth-order valence-corrected chi connectivity index (χ4v) is 3.53. The number of H-pyrrole nitrogens is 1. The van der Waals surface area contributed by atoms with Crippen LogP contribution in [0.15, 0.2) is 83.7 Å². The lowest BCUT2D eigenvalue weighted by atomic mass is 9.98. The number of anilines is 1. The Morgan fingerprint density at radius 2 is 1.19 bits per heavy atom. The highest BCUT2D eigenvalue weighted by Gasteiger charge is 2.19. The van der Waals surface area contributed by atoms with Gasteiger partial charge in [0.2, 0.25) is 0 Å². The molecule has 0 atom stereocenters. The lowest BCUT2D eigenvalue weighted by molar-refractivity contribution is 0.102. The maximum absolute atomic E-state index is 13.1. The van der Waals surface area contributed by atoms with Gasteiger partial charge in [0.1, 0.15) is 5.56 Å². The Kier molecular flexibility index (Phi) is 6.14. The van der Waals surface area contributed by atoms with E-state index in [4.69, 9.17) is 34.8 Å². The zero-order valence-corrected chi connectivity index (χ0v) is 18.2. The third-order valence-corrected chi connectivity index (χ3v) is 5.43. The molecule has 1 aromatic heterocycles. The smallest absolute Gasteiger partial charge is 0.261 e. The third-order valence-electron chi connectivity index (χ3n) is 4.67. The van der Waals surface area contributed by atoms with Crippen LogP contribution < -0.4 is 10.9 Å². The predicted molar refractivity (Wildman–Crippen MR) is 127 cm³/mol. The number of nitrogens with one attached hydrogen (secondary N) is 2. The molecule has 4 aromatic rings. The van der Waals surface area contributed by atoms with E-state index >= 15 is 0 Å². The minimum atomic E-state index is -0.531. The van der Waals surface area contributed by atoms with Crippen LogP contribution in [0.2, 0.25) is 15.1 Å². The number of rotatable bonds is 4. The molecule has 3 aromatic carbocycles. The number of benzene rings is 3. The molecule has 0 aliphatic rings. The summed E-state index contributed by atoms with van der Waals surface area (Å²) >= 11 is 17.9. The SMILES string of the molecule is O=C(Nc1ccc(Cl)cc1)c1c(-c2ccc(Cl)cc2)cc(-c2ccc(Cl)cc2)[nH]c1=O. The van der Waals surface area contributed by atoms with E-state index in [1.165, 1.54) is 0 Å². The molecular weight excluding hydrogens is 455 g/mol. The van der Waals surface area contributed by atoms with Gasteiger partial charge in [-0.2, -0.15) is 0 Å². The summed E-state index contributed by atoms with van der Waals surface area (Å²) in [5, 5.41) is 4.44. The zero-order valence-electron chi connectivity index (χ0n) is 16.0. The molecule has 1 heterocycles. The van der Waals surface area contributed by atoms with Crippen molar-refractivity contribution in [1.29, 1.82) is 0 Å². The van der Waals surface area contributed by atoms with Crippen LogP contribution in [0.5, 0.6) is 0 Å². The van der Waals surface area contributed by atoms with Gasteiger partial charge in [-0.1, -0.05) is 59.1 Å². The molecule has 7 heteroatoms. The molecule has 0 aliphatic heterocycles. The number of carbonyl (C=O) groups is 1. The molecule has 154 valence electrons. The van der Waals surface area contributed by atoms with Crippen LogP contribution in [0.3, 0.4) is 0 Å². The van der Waals surface area contributed by atoms with Crippen LogP contribution in [0.25, 0.3) is 22.4 Å². The highest BCUT2D eigenvalue weighted by atomic mass is 35.5. The van der Waals surface area contributed by atoms with Crippen molar-refractivity contribution in [1.82, 2.24) is 4.98 Å². The van der Waals surface area contributed by atoms with Gasteiger partial charge in [0, 0.05) is 32.0 Å². The van der Waals surface area contributed by atoms with E-state index < -0.39 is 11.5 Å². The van der Waals surface area contributed by atoms with Crippen molar-refractivity contribution in [2.45, 2.75) is 0 Å². The second-order valence-electron chi connectivity index (χ2n) is 6.78. The predicted octanol–water partition coefficient (Wildman–Crippen LogP) is 6.92. The van der Waals surface area contributed by atoms with E-state index in [2.05, 4.69) is 10.3 Å². The number of hydrogen-bond acceptors (Lipinski definition) is 2. The van der Waals surface area contributed by atoms with Gasteiger partial charge in [-0.05, 0) is 65.7 Å². The molecule has 31 heavy (non-hydrogen) atoms. The summed E-state index contributed by atoms with van der Waals surface area (Å²) in [5.41, 5.74) is 2.51. The highest BCUT2D eigenvalue weighted by molar-refractivity contribution is 6.31. The van der Waals surface area contributed by atoms with Crippen LogP contribution in [-0.4, -0.2) is 10.9 Å². The Morgan fingerprint density at radius 1 is 0.710 bits per heavy atom. The molecule has 0 saturated carbocycles. The Morgan fingerprint density at radius 3 is 1.74 bits per heavy atom. The number of amides is 1. The number of halogens is 3. The standard InChI is InChI=1S/C24H15Cl3N2O2/c25-16-5-1-14(2-6-16)20-13-21(15-3-7-17(26)8-4-15)29-24(31)22(20)23(30)28-19-11-9-18(27)10-12-19/h1-13H,(H,28,30)(H,29,31). The van der Waals surface area contributed by atoms with Gasteiger partial charge in [-0.25, -0.2) is 0 Å². The first-order valence-corrected chi connectivity index (χ1v) is 10.4. The van der Waals surface area contributed by atoms with Crippen molar-refractivity contribution in [3.8, 4) is 22.4 Å². The molecule has 0 unspecified atom stereocenters. The maximum atomic E-state index is 13.1. The van der Waals surface area contributed by atoms with E-state index in [9.17, 15) is 9.59 Å². The van der Waals surface area contributed by atoms with Crippen LogP contribution in [0.4, 0.5) is 5.69 Å². The van der Waals surface area contributed by atoms with Gasteiger partial charge in [-0.3, -0.25) is 9.59 Å². The number of aromatic amines is 1. The van der Waals surface area contributed by atoms with E-state index in [1.807, 2.05) is 0 Å². The molecule has 0 aliphatic carbocycles. The summed E-state index contributed by atoms with van der Waals surface area (Å²) in [6.45, 7) is 0. The van der Waals surface area contributed by atoms with Gasteiger partial charge in [0.05, 0.1) is 0 Å². The molecule has 0 fully saturated rings. The number of aromatic nitrogens is 1. The summed E-state index contributed by atoms with van der Waals surface area (Å²) in [4.78, 5) is 28.9. The minimum absolute atomic E-state index is 0.00464. The largest absolute Gasteiger partial charge is 0.322 e. The summed E-state index contributed by atoms with van der Waals surface area (Å²) in [7, 11) is 0. The fourth-order valence-electron chi connectivity index (χ4n) is 3.15. The molecule has 2 N–H and O–H groups in total. The molecule has 0 bridgehead atoms. The Balaban J connectivity index is 1.83. The molecule has 0 radical (unpaired) electrons. The summed E-state index contributed by atoms with van der Waals surface area (Å²) in [5.74, 6) is -0.531. The number of hydrogen-bond donors (Lipinski definition) is 2. The van der Waals surface area contributed by atoms with Crippen molar-refractivity contribution < 1.29 is 4.79 Å². The van der Waals surface area contributed by atoms with Crippen molar-refractivity contribution in [3.05, 3.63) is 110 Å². The molecular formula is C24H15Cl3N2O2. The maximum Gasteiger partial charge on any atom is 0.261 e. The second-order valence-corrected chi connectivity index (χ2v) is 8.08. The normalized spacial score (nSPS) is 10.7. The molecule has 0 spiro atoms. The van der Waals surface area contributed by atoms with Crippen molar-refractivity contribution in [2.24, 2.45) is 0 Å². The topological polar surface area (TPSA) is 62.0 Å². The minimum Gasteiger partial charge on any atom is -0.322 e. The quantitative estimate of drug-likeness (QED) is 0.341. The average Bonchev–Trinajstić information content (AvgIpc) is 2.76. The van der Waals surface area contributed by atoms with Crippen LogP contribution in [0, 0.1) is 0 Å². The van der Waals surface area contributed by atoms with E-state index in [-0.39, 0.29) is 5.56 Å².